The van der Waals surface area contributed by atoms with Crippen molar-refractivity contribution in [2.75, 3.05) is 0 Å². The lowest BCUT2D eigenvalue weighted by Crippen LogP contribution is -2.26. The maximum absolute atomic E-state index is 9.95. The number of halogens is 2. The number of carbonyl (C=O) groups is 2. The van der Waals surface area contributed by atoms with E-state index in [1.54, 1.807) is 0 Å². The zero-order valence-electron chi connectivity index (χ0n) is 5.03. The molecule has 0 aromatic rings. The minimum Gasteiger partial charge on any atom is -0.478 e. The van der Waals surface area contributed by atoms with E-state index in [2.05, 4.69) is 4.74 Å². The highest BCUT2D eigenvalue weighted by Crippen LogP contribution is 2.06. The van der Waals surface area contributed by atoms with Crippen molar-refractivity contribution in [3.63, 3.8) is 0 Å². The Kier molecular flexibility index (Phi) is 4.17. The van der Waals surface area contributed by atoms with Crippen molar-refractivity contribution in [2.45, 2.75) is 11.1 Å². The summed E-state index contributed by atoms with van der Waals surface area (Å²) in [4.78, 5) is 19.9. The predicted molar refractivity (Wildman–Crippen MR) is 35.6 cm³/mol. The third kappa shape index (κ3) is 4.02. The molecule has 0 saturated carbocycles. The first-order valence-electron chi connectivity index (χ1n) is 2.34. The van der Waals surface area contributed by atoms with Crippen molar-refractivity contribution >= 4 is 35.1 Å². The second kappa shape index (κ2) is 4.38. The third-order valence-electron chi connectivity index (χ3n) is 0.627. The summed E-state index contributed by atoms with van der Waals surface area (Å²) >= 11 is 9.97. The van der Waals surface area contributed by atoms with E-state index >= 15 is 0 Å². The molecule has 64 valence electrons. The summed E-state index contributed by atoms with van der Waals surface area (Å²) in [5, 5.41) is 16.2. The van der Waals surface area contributed by atoms with Crippen LogP contribution in [-0.2, 0) is 14.3 Å². The molecule has 0 aliphatic rings. The summed E-state index contributed by atoms with van der Waals surface area (Å²) in [7, 11) is 0. The molecular formula is C4H4Cl2O5. The number of carboxylic acid groups (broad SMARTS) is 2. The third-order valence-corrected chi connectivity index (χ3v) is 1.21. The summed E-state index contributed by atoms with van der Waals surface area (Å²) in [6, 6.07) is 0. The molecular weight excluding hydrogens is 199 g/mol. The van der Waals surface area contributed by atoms with Crippen molar-refractivity contribution < 1.29 is 24.5 Å². The number of hydrogen-bond donors (Lipinski definition) is 2. The Morgan fingerprint density at radius 3 is 1.55 bits per heavy atom. The Labute approximate surface area is 71.5 Å². The molecule has 0 radical (unpaired) electrons. The summed E-state index contributed by atoms with van der Waals surface area (Å²) in [6.07, 6.45) is 0. The fourth-order valence-corrected chi connectivity index (χ4v) is 0.480. The Morgan fingerprint density at radius 1 is 1.09 bits per heavy atom. The molecule has 0 spiro atoms. The molecule has 2 N–H and O–H groups in total. The van der Waals surface area contributed by atoms with E-state index in [-0.39, 0.29) is 0 Å². The topological polar surface area (TPSA) is 83.8 Å². The van der Waals surface area contributed by atoms with Crippen molar-refractivity contribution in [2.24, 2.45) is 0 Å². The molecule has 0 rings (SSSR count). The van der Waals surface area contributed by atoms with E-state index in [9.17, 15) is 9.59 Å². The van der Waals surface area contributed by atoms with Gasteiger partial charge in [0.05, 0.1) is 0 Å². The van der Waals surface area contributed by atoms with Crippen LogP contribution < -0.4 is 0 Å². The van der Waals surface area contributed by atoms with E-state index in [4.69, 9.17) is 33.4 Å². The highest BCUT2D eigenvalue weighted by Gasteiger charge is 2.23. The fourth-order valence-electron chi connectivity index (χ4n) is 0.221. The summed E-state index contributed by atoms with van der Waals surface area (Å²) in [5.74, 6) is -2.97. The molecule has 0 amide bonds. The van der Waals surface area contributed by atoms with Gasteiger partial charge < -0.3 is 14.9 Å². The van der Waals surface area contributed by atoms with Crippen LogP contribution in [-0.4, -0.2) is 33.3 Å². The molecule has 0 aromatic heterocycles. The zero-order chi connectivity index (χ0) is 9.02. The van der Waals surface area contributed by atoms with Gasteiger partial charge in [-0.1, -0.05) is 23.2 Å². The molecule has 0 fully saturated rings. The fraction of sp³-hybridized carbons (Fsp3) is 0.500. The molecule has 0 aliphatic heterocycles. The van der Waals surface area contributed by atoms with Crippen LogP contribution in [0.2, 0.25) is 0 Å². The van der Waals surface area contributed by atoms with Crippen LogP contribution in [0.15, 0.2) is 0 Å². The molecule has 0 bridgehead atoms. The number of ether oxygens (including phenoxy) is 1. The normalized spacial score (nSPS) is 15.5. The molecule has 0 aliphatic carbocycles. The molecule has 11 heavy (non-hydrogen) atoms. The van der Waals surface area contributed by atoms with Crippen LogP contribution in [0.25, 0.3) is 0 Å². The van der Waals surface area contributed by atoms with Crippen LogP contribution in [0.4, 0.5) is 0 Å². The average Bonchev–Trinajstić information content (AvgIpc) is 1.87. The van der Waals surface area contributed by atoms with Crippen LogP contribution in [0.5, 0.6) is 0 Å². The van der Waals surface area contributed by atoms with Crippen LogP contribution in [0.3, 0.4) is 0 Å². The molecule has 0 aromatic carbocycles. The largest absolute Gasteiger partial charge is 0.478 e. The van der Waals surface area contributed by atoms with Gasteiger partial charge >= 0.3 is 11.9 Å². The Morgan fingerprint density at radius 2 is 1.36 bits per heavy atom. The van der Waals surface area contributed by atoms with E-state index in [0.29, 0.717) is 0 Å². The number of alkyl halides is 2. The minimum atomic E-state index is -1.74. The molecule has 7 heteroatoms. The molecule has 5 nitrogen and oxygen atoms in total. The van der Waals surface area contributed by atoms with Gasteiger partial charge in [0.25, 0.3) is 0 Å². The molecule has 0 saturated heterocycles. The lowest BCUT2D eigenvalue weighted by molar-refractivity contribution is -0.153. The van der Waals surface area contributed by atoms with Gasteiger partial charge in [0.2, 0.25) is 11.1 Å². The number of hydrogen-bond acceptors (Lipinski definition) is 3. The summed E-state index contributed by atoms with van der Waals surface area (Å²) in [6.45, 7) is 0. The van der Waals surface area contributed by atoms with Crippen molar-refractivity contribution in [3.8, 4) is 0 Å². The number of carboxylic acids is 2. The molecule has 2 atom stereocenters. The first-order chi connectivity index (χ1) is 4.95. The van der Waals surface area contributed by atoms with Gasteiger partial charge in [-0.15, -0.1) is 0 Å². The zero-order valence-corrected chi connectivity index (χ0v) is 6.54. The van der Waals surface area contributed by atoms with Crippen LogP contribution >= 0.6 is 23.2 Å². The van der Waals surface area contributed by atoms with Crippen molar-refractivity contribution in [3.05, 3.63) is 0 Å². The second-order valence-corrected chi connectivity index (χ2v) is 2.24. The van der Waals surface area contributed by atoms with Gasteiger partial charge in [-0.05, 0) is 0 Å². The first kappa shape index (κ1) is 10.5. The van der Waals surface area contributed by atoms with E-state index < -0.39 is 23.1 Å². The van der Waals surface area contributed by atoms with Gasteiger partial charge in [-0.25, -0.2) is 9.59 Å². The van der Waals surface area contributed by atoms with Gasteiger partial charge in [-0.2, -0.15) is 0 Å². The van der Waals surface area contributed by atoms with E-state index in [1.165, 1.54) is 0 Å². The number of rotatable bonds is 4. The molecule has 0 heterocycles. The highest BCUT2D eigenvalue weighted by molar-refractivity contribution is 6.31. The smallest absolute Gasteiger partial charge is 0.348 e. The summed E-state index contributed by atoms with van der Waals surface area (Å²) < 4.78 is 4.10. The van der Waals surface area contributed by atoms with Crippen molar-refractivity contribution in [1.82, 2.24) is 0 Å². The minimum absolute atomic E-state index is 1.49. The Bertz CT molecular complexity index is 152. The van der Waals surface area contributed by atoms with Crippen LogP contribution in [0.1, 0.15) is 0 Å². The highest BCUT2D eigenvalue weighted by atomic mass is 35.5. The van der Waals surface area contributed by atoms with Gasteiger partial charge in [0.15, 0.2) is 0 Å². The lowest BCUT2D eigenvalue weighted by Gasteiger charge is -2.07. The van der Waals surface area contributed by atoms with E-state index in [1.807, 2.05) is 0 Å². The average molecular weight is 203 g/mol. The summed E-state index contributed by atoms with van der Waals surface area (Å²) in [5.41, 5.74) is -3.48. The van der Waals surface area contributed by atoms with Crippen LogP contribution in [0, 0.1) is 0 Å². The second-order valence-electron chi connectivity index (χ2n) is 1.44. The SMILES string of the molecule is O=C(O)C(Cl)OC(Cl)C(=O)O. The van der Waals surface area contributed by atoms with Crippen molar-refractivity contribution in [1.29, 1.82) is 0 Å². The van der Waals surface area contributed by atoms with E-state index in [0.717, 1.165) is 0 Å². The predicted octanol–water partition coefficient (Wildman–Crippen LogP) is 0.302. The first-order valence-corrected chi connectivity index (χ1v) is 3.21. The quantitative estimate of drug-likeness (QED) is 0.642. The Balaban J connectivity index is 3.84. The van der Waals surface area contributed by atoms with Gasteiger partial charge in [-0.3, -0.25) is 0 Å². The van der Waals surface area contributed by atoms with Gasteiger partial charge in [0, 0.05) is 0 Å². The Hall–Kier alpha value is -0.520. The van der Waals surface area contributed by atoms with Gasteiger partial charge in [0.1, 0.15) is 0 Å². The maximum atomic E-state index is 9.95. The number of aliphatic carboxylic acids is 2. The molecule has 2 unspecified atom stereocenters. The maximum Gasteiger partial charge on any atom is 0.348 e. The lowest BCUT2D eigenvalue weighted by atomic mass is 10.7. The monoisotopic (exact) mass is 202 g/mol. The standard InChI is InChI=1S/C4H4Cl2O5/c5-1(3(7)8)11-2(6)4(9)10/h1-2H,(H,7,8)(H,9,10).